The summed E-state index contributed by atoms with van der Waals surface area (Å²) in [5, 5.41) is 4.71. The van der Waals surface area contributed by atoms with Crippen LogP contribution >= 0.6 is 11.3 Å². The number of sulfonamides is 1. The zero-order valence-corrected chi connectivity index (χ0v) is 18.6. The molecule has 3 rings (SSSR count). The number of benzene rings is 1. The third-order valence-electron chi connectivity index (χ3n) is 5.37. The molecular formula is C21H29N3O3S2. The van der Waals surface area contributed by atoms with E-state index >= 15 is 0 Å². The van der Waals surface area contributed by atoms with Crippen LogP contribution in [0.5, 0.6) is 0 Å². The Hall–Kier alpha value is -1.74. The molecule has 0 saturated carbocycles. The van der Waals surface area contributed by atoms with Gasteiger partial charge >= 0.3 is 0 Å². The van der Waals surface area contributed by atoms with Crippen LogP contribution < -0.4 is 5.32 Å². The molecule has 8 heteroatoms. The van der Waals surface area contributed by atoms with Gasteiger partial charge in [0.15, 0.2) is 0 Å². The maximum Gasteiger partial charge on any atom is 0.252 e. The van der Waals surface area contributed by atoms with Crippen molar-refractivity contribution in [2.45, 2.75) is 37.4 Å². The van der Waals surface area contributed by atoms with E-state index in [1.807, 2.05) is 24.3 Å². The monoisotopic (exact) mass is 435 g/mol. The lowest BCUT2D eigenvalue weighted by molar-refractivity contribution is -0.120. The van der Waals surface area contributed by atoms with Crippen molar-refractivity contribution in [2.75, 3.05) is 31.5 Å². The number of carbonyl (C=O) groups excluding carboxylic acids is 1. The van der Waals surface area contributed by atoms with Crippen LogP contribution in [0.2, 0.25) is 0 Å². The third kappa shape index (κ3) is 5.45. The average Bonchev–Trinajstić information content (AvgIpc) is 3.29. The molecule has 158 valence electrons. The lowest BCUT2D eigenvalue weighted by atomic mass is 9.98. The van der Waals surface area contributed by atoms with Gasteiger partial charge in [-0.3, -0.25) is 9.69 Å². The molecule has 6 nitrogen and oxygen atoms in total. The molecule has 0 bridgehead atoms. The quantitative estimate of drug-likeness (QED) is 0.687. The van der Waals surface area contributed by atoms with Crippen LogP contribution in [0.25, 0.3) is 0 Å². The van der Waals surface area contributed by atoms with E-state index in [0.717, 1.165) is 25.3 Å². The number of hydrogen-bond acceptors (Lipinski definition) is 5. The molecule has 0 spiro atoms. The molecule has 0 unspecified atom stereocenters. The van der Waals surface area contributed by atoms with Crippen molar-refractivity contribution in [3.63, 3.8) is 0 Å². The zero-order chi connectivity index (χ0) is 20.9. The van der Waals surface area contributed by atoms with Gasteiger partial charge in [-0.2, -0.15) is 4.31 Å². The second-order valence-corrected chi connectivity index (χ2v) is 10.4. The van der Waals surface area contributed by atoms with E-state index in [9.17, 15) is 13.2 Å². The summed E-state index contributed by atoms with van der Waals surface area (Å²) < 4.78 is 27.3. The molecule has 1 fully saturated rings. The first-order valence-corrected chi connectivity index (χ1v) is 12.4. The van der Waals surface area contributed by atoms with Gasteiger partial charge in [0.25, 0.3) is 10.0 Å². The Labute approximate surface area is 177 Å². The maximum atomic E-state index is 12.8. The fourth-order valence-electron chi connectivity index (χ4n) is 3.56. The van der Waals surface area contributed by atoms with Crippen molar-refractivity contribution in [2.24, 2.45) is 5.92 Å². The Morgan fingerprint density at radius 1 is 1.21 bits per heavy atom. The van der Waals surface area contributed by atoms with Gasteiger partial charge in [-0.25, -0.2) is 8.42 Å². The summed E-state index contributed by atoms with van der Waals surface area (Å²) in [5.41, 5.74) is 1.95. The molecule has 1 atom stereocenters. The van der Waals surface area contributed by atoms with Gasteiger partial charge in [0.05, 0.1) is 5.92 Å². The van der Waals surface area contributed by atoms with Crippen LogP contribution in [0.4, 0.5) is 5.69 Å². The fourth-order valence-corrected chi connectivity index (χ4v) is 6.22. The smallest absolute Gasteiger partial charge is 0.252 e. The number of piperidine rings is 1. The van der Waals surface area contributed by atoms with E-state index < -0.39 is 10.0 Å². The predicted molar refractivity (Wildman–Crippen MR) is 117 cm³/mol. The van der Waals surface area contributed by atoms with Gasteiger partial charge in [0.1, 0.15) is 4.21 Å². The Morgan fingerprint density at radius 2 is 1.93 bits per heavy atom. The second kappa shape index (κ2) is 9.84. The molecular weight excluding hydrogens is 406 g/mol. The average molecular weight is 436 g/mol. The Kier molecular flexibility index (Phi) is 7.45. The first-order chi connectivity index (χ1) is 13.9. The number of anilines is 1. The largest absolute Gasteiger partial charge is 0.326 e. The number of carbonyl (C=O) groups is 1. The Balaban J connectivity index is 1.60. The van der Waals surface area contributed by atoms with Crippen LogP contribution in [0, 0.1) is 5.92 Å². The van der Waals surface area contributed by atoms with Crippen molar-refractivity contribution >= 4 is 33.0 Å². The molecule has 1 aromatic heterocycles. The number of nitrogens with zero attached hydrogens (tertiary/aromatic N) is 2. The standard InChI is InChI=1S/C21H29N3O3S2/c1-3-23(4-2)15-17-9-11-19(12-10-17)22-21(25)18-7-5-13-24(16-18)29(26,27)20-8-6-14-28-20/h6,8-12,14,18H,3-5,7,13,15-16H2,1-2H3,(H,22,25)/t18-/m0/s1. The van der Waals surface area contributed by atoms with E-state index in [1.54, 1.807) is 17.5 Å². The highest BCUT2D eigenvalue weighted by atomic mass is 32.2. The lowest BCUT2D eigenvalue weighted by Gasteiger charge is -2.30. The predicted octanol–water partition coefficient (Wildman–Crippen LogP) is 3.63. The minimum absolute atomic E-state index is 0.118. The van der Waals surface area contributed by atoms with E-state index in [1.165, 1.54) is 21.2 Å². The van der Waals surface area contributed by atoms with E-state index in [4.69, 9.17) is 0 Å². The van der Waals surface area contributed by atoms with Gasteiger partial charge in [-0.15, -0.1) is 11.3 Å². The number of rotatable bonds is 8. The number of amides is 1. The molecule has 1 aliphatic rings. The Morgan fingerprint density at radius 3 is 2.55 bits per heavy atom. The van der Waals surface area contributed by atoms with Gasteiger partial charge < -0.3 is 5.32 Å². The highest BCUT2D eigenvalue weighted by Gasteiger charge is 2.33. The van der Waals surface area contributed by atoms with Crippen molar-refractivity contribution < 1.29 is 13.2 Å². The molecule has 29 heavy (non-hydrogen) atoms. The Bertz CT molecular complexity index is 892. The van der Waals surface area contributed by atoms with Crippen LogP contribution in [0.15, 0.2) is 46.0 Å². The molecule has 1 amide bonds. The second-order valence-electron chi connectivity index (χ2n) is 7.28. The zero-order valence-electron chi connectivity index (χ0n) is 17.0. The van der Waals surface area contributed by atoms with E-state index in [0.29, 0.717) is 23.6 Å². The molecule has 1 N–H and O–H groups in total. The molecule has 1 aliphatic heterocycles. The summed E-state index contributed by atoms with van der Waals surface area (Å²) in [7, 11) is -3.51. The van der Waals surface area contributed by atoms with Gasteiger partial charge in [0.2, 0.25) is 5.91 Å². The van der Waals surface area contributed by atoms with Gasteiger partial charge in [0, 0.05) is 25.3 Å². The summed E-state index contributed by atoms with van der Waals surface area (Å²) in [4.78, 5) is 15.1. The maximum absolute atomic E-state index is 12.8. The summed E-state index contributed by atoms with van der Waals surface area (Å²) in [5.74, 6) is -0.457. The summed E-state index contributed by atoms with van der Waals surface area (Å²) >= 11 is 1.21. The van der Waals surface area contributed by atoms with E-state index in [-0.39, 0.29) is 18.4 Å². The lowest BCUT2D eigenvalue weighted by Crippen LogP contribution is -2.43. The number of thiophene rings is 1. The summed E-state index contributed by atoms with van der Waals surface area (Å²) in [6.07, 6.45) is 1.38. The van der Waals surface area contributed by atoms with Crippen molar-refractivity contribution in [1.82, 2.24) is 9.21 Å². The van der Waals surface area contributed by atoms with E-state index in [2.05, 4.69) is 24.1 Å². The van der Waals surface area contributed by atoms with Crippen LogP contribution in [0.3, 0.4) is 0 Å². The minimum Gasteiger partial charge on any atom is -0.326 e. The molecule has 0 radical (unpaired) electrons. The summed E-state index contributed by atoms with van der Waals surface area (Å²) in [6, 6.07) is 11.2. The SMILES string of the molecule is CCN(CC)Cc1ccc(NC(=O)[C@H]2CCCN(S(=O)(=O)c3cccs3)C2)cc1. The van der Waals surface area contributed by atoms with Crippen LogP contribution in [-0.2, 0) is 21.4 Å². The highest BCUT2D eigenvalue weighted by Crippen LogP contribution is 2.27. The summed E-state index contributed by atoms with van der Waals surface area (Å²) in [6.45, 7) is 7.87. The highest BCUT2D eigenvalue weighted by molar-refractivity contribution is 7.91. The van der Waals surface area contributed by atoms with Crippen LogP contribution in [0.1, 0.15) is 32.3 Å². The normalized spacial score (nSPS) is 18.1. The fraction of sp³-hybridized carbons (Fsp3) is 0.476. The first kappa shape index (κ1) is 22.0. The molecule has 1 aromatic carbocycles. The van der Waals surface area contributed by atoms with Crippen LogP contribution in [-0.4, -0.2) is 49.7 Å². The topological polar surface area (TPSA) is 69.7 Å². The van der Waals surface area contributed by atoms with Crippen molar-refractivity contribution in [3.05, 3.63) is 47.3 Å². The molecule has 2 heterocycles. The minimum atomic E-state index is -3.51. The number of hydrogen-bond donors (Lipinski definition) is 1. The molecule has 2 aromatic rings. The molecule has 0 aliphatic carbocycles. The van der Waals surface area contributed by atoms with Gasteiger partial charge in [-0.1, -0.05) is 32.0 Å². The van der Waals surface area contributed by atoms with Crippen molar-refractivity contribution in [3.8, 4) is 0 Å². The van der Waals surface area contributed by atoms with Crippen molar-refractivity contribution in [1.29, 1.82) is 0 Å². The van der Waals surface area contributed by atoms with Gasteiger partial charge in [-0.05, 0) is 55.1 Å². The number of nitrogens with one attached hydrogen (secondary N) is 1. The third-order valence-corrected chi connectivity index (χ3v) is 8.60. The molecule has 1 saturated heterocycles. The first-order valence-electron chi connectivity index (χ1n) is 10.1.